The second-order valence-corrected chi connectivity index (χ2v) is 4.31. The Morgan fingerprint density at radius 3 is 1.88 bits per heavy atom. The molecule has 0 bridgehead atoms. The van der Waals surface area contributed by atoms with Gasteiger partial charge in [0.25, 0.3) is 0 Å². The van der Waals surface area contributed by atoms with Crippen LogP contribution in [0.4, 0.5) is 0 Å². The molecule has 0 unspecified atom stereocenters. The maximum atomic E-state index is 9.60. The number of rotatable bonds is 3. The molecule has 0 radical (unpaired) electrons. The van der Waals surface area contributed by atoms with Crippen LogP contribution in [-0.2, 0) is 9.53 Å². The molecule has 17 heavy (non-hydrogen) atoms. The Bertz CT molecular complexity index is 316. The van der Waals surface area contributed by atoms with Gasteiger partial charge >= 0.3 is 5.97 Å². The highest BCUT2D eigenvalue weighted by Crippen LogP contribution is 2.26. The fraction of sp³-hybridized carbons (Fsp3) is 0.500. The standard InChI is InChI=1S/C10H14O.C4H6O2/c1-2-6-9(5-1)11-10-7-3-4-8-10;1-3(2)4(5)6/h5,7H,1-4,6,8H2;1H2,2H3,(H,5,6). The van der Waals surface area contributed by atoms with Crippen molar-refractivity contribution in [3.05, 3.63) is 35.8 Å². The van der Waals surface area contributed by atoms with Crippen molar-refractivity contribution in [3.63, 3.8) is 0 Å². The molecule has 0 heterocycles. The van der Waals surface area contributed by atoms with Gasteiger partial charge in [0, 0.05) is 18.4 Å². The highest BCUT2D eigenvalue weighted by Gasteiger charge is 2.10. The number of carboxylic acid groups (broad SMARTS) is 1. The minimum absolute atomic E-state index is 0.176. The van der Waals surface area contributed by atoms with Gasteiger partial charge in [-0.25, -0.2) is 4.79 Å². The highest BCUT2D eigenvalue weighted by molar-refractivity contribution is 5.84. The molecule has 2 aliphatic carbocycles. The molecule has 2 aliphatic rings. The van der Waals surface area contributed by atoms with E-state index in [1.807, 2.05) is 0 Å². The second-order valence-electron chi connectivity index (χ2n) is 4.31. The van der Waals surface area contributed by atoms with Gasteiger partial charge in [-0.15, -0.1) is 0 Å². The topological polar surface area (TPSA) is 46.5 Å². The van der Waals surface area contributed by atoms with Crippen molar-refractivity contribution in [2.24, 2.45) is 0 Å². The van der Waals surface area contributed by atoms with E-state index in [9.17, 15) is 4.79 Å². The fourth-order valence-corrected chi connectivity index (χ4v) is 1.64. The molecule has 2 rings (SSSR count). The van der Waals surface area contributed by atoms with Gasteiger partial charge in [0.1, 0.15) is 0 Å². The van der Waals surface area contributed by atoms with Gasteiger partial charge in [0.2, 0.25) is 0 Å². The van der Waals surface area contributed by atoms with Crippen LogP contribution in [0.25, 0.3) is 0 Å². The number of carbonyl (C=O) groups is 1. The molecule has 0 aromatic heterocycles. The van der Waals surface area contributed by atoms with Crippen molar-refractivity contribution in [2.75, 3.05) is 0 Å². The summed E-state index contributed by atoms with van der Waals surface area (Å²) in [7, 11) is 0. The quantitative estimate of drug-likeness (QED) is 0.758. The zero-order valence-corrected chi connectivity index (χ0v) is 10.4. The summed E-state index contributed by atoms with van der Waals surface area (Å²) < 4.78 is 5.69. The number of aliphatic carboxylic acids is 1. The molecule has 0 spiro atoms. The summed E-state index contributed by atoms with van der Waals surface area (Å²) in [6.45, 7) is 4.60. The van der Waals surface area contributed by atoms with Gasteiger partial charge in [-0.1, -0.05) is 6.58 Å². The van der Waals surface area contributed by atoms with E-state index < -0.39 is 5.97 Å². The van der Waals surface area contributed by atoms with Crippen LogP contribution in [0.1, 0.15) is 45.4 Å². The zero-order valence-electron chi connectivity index (χ0n) is 10.4. The number of hydrogen-bond acceptors (Lipinski definition) is 2. The Morgan fingerprint density at radius 1 is 1.24 bits per heavy atom. The summed E-state index contributed by atoms with van der Waals surface area (Å²) in [5, 5.41) is 7.89. The van der Waals surface area contributed by atoms with Gasteiger partial charge in [-0.2, -0.15) is 0 Å². The van der Waals surface area contributed by atoms with Crippen molar-refractivity contribution < 1.29 is 14.6 Å². The van der Waals surface area contributed by atoms with Crippen LogP contribution in [0.15, 0.2) is 35.8 Å². The third-order valence-electron chi connectivity index (χ3n) is 2.63. The van der Waals surface area contributed by atoms with Crippen molar-refractivity contribution >= 4 is 5.97 Å². The Hall–Kier alpha value is -1.51. The Kier molecular flexibility index (Phi) is 5.53. The molecule has 0 amide bonds. The first kappa shape index (κ1) is 13.6. The summed E-state index contributed by atoms with van der Waals surface area (Å²) in [6.07, 6.45) is 11.7. The predicted octanol–water partition coefficient (Wildman–Crippen LogP) is 3.79. The minimum Gasteiger partial charge on any atom is -0.478 e. The first-order valence-corrected chi connectivity index (χ1v) is 6.04. The van der Waals surface area contributed by atoms with E-state index in [4.69, 9.17) is 9.84 Å². The molecule has 0 aromatic carbocycles. The molecule has 3 heteroatoms. The van der Waals surface area contributed by atoms with Crippen LogP contribution in [0, 0.1) is 0 Å². The van der Waals surface area contributed by atoms with Gasteiger partial charge in [0.15, 0.2) is 0 Å². The molecular weight excluding hydrogens is 216 g/mol. The van der Waals surface area contributed by atoms with E-state index in [0.717, 1.165) is 12.8 Å². The SMILES string of the molecule is C1=C(OC2=CCCC2)CCC1.C=C(C)C(=O)O. The maximum absolute atomic E-state index is 9.60. The molecule has 0 aromatic rings. The largest absolute Gasteiger partial charge is 0.478 e. The van der Waals surface area contributed by atoms with Crippen molar-refractivity contribution in [1.82, 2.24) is 0 Å². The van der Waals surface area contributed by atoms with Crippen molar-refractivity contribution in [3.8, 4) is 0 Å². The molecule has 0 saturated heterocycles. The monoisotopic (exact) mass is 236 g/mol. The second kappa shape index (κ2) is 6.94. The van der Waals surface area contributed by atoms with Crippen LogP contribution in [0.5, 0.6) is 0 Å². The maximum Gasteiger partial charge on any atom is 0.330 e. The summed E-state index contributed by atoms with van der Waals surface area (Å²) in [5.74, 6) is 1.48. The molecule has 3 nitrogen and oxygen atoms in total. The average molecular weight is 236 g/mol. The first-order valence-electron chi connectivity index (χ1n) is 6.04. The average Bonchev–Trinajstić information content (AvgIpc) is 2.92. The summed E-state index contributed by atoms with van der Waals surface area (Å²) >= 11 is 0. The smallest absolute Gasteiger partial charge is 0.330 e. The lowest BCUT2D eigenvalue weighted by molar-refractivity contribution is -0.132. The minimum atomic E-state index is -0.935. The van der Waals surface area contributed by atoms with E-state index in [2.05, 4.69) is 18.7 Å². The van der Waals surface area contributed by atoms with Crippen LogP contribution in [0.3, 0.4) is 0 Å². The Labute approximate surface area is 102 Å². The lowest BCUT2D eigenvalue weighted by Gasteiger charge is -2.05. The van der Waals surface area contributed by atoms with E-state index in [1.54, 1.807) is 0 Å². The van der Waals surface area contributed by atoms with E-state index in [0.29, 0.717) is 0 Å². The highest BCUT2D eigenvalue weighted by atomic mass is 16.5. The summed E-state index contributed by atoms with van der Waals surface area (Å²) in [4.78, 5) is 9.60. The van der Waals surface area contributed by atoms with Crippen molar-refractivity contribution in [1.29, 1.82) is 0 Å². The van der Waals surface area contributed by atoms with Gasteiger partial charge in [-0.05, 0) is 44.8 Å². The Morgan fingerprint density at radius 2 is 1.65 bits per heavy atom. The van der Waals surface area contributed by atoms with Gasteiger partial charge < -0.3 is 9.84 Å². The van der Waals surface area contributed by atoms with E-state index in [1.165, 1.54) is 44.1 Å². The lowest BCUT2D eigenvalue weighted by atomic mass is 10.3. The van der Waals surface area contributed by atoms with Crippen LogP contribution < -0.4 is 0 Å². The molecule has 1 N–H and O–H groups in total. The first-order chi connectivity index (χ1) is 8.09. The fourth-order valence-electron chi connectivity index (χ4n) is 1.64. The third kappa shape index (κ3) is 5.38. The summed E-state index contributed by atoms with van der Waals surface area (Å²) in [6, 6.07) is 0. The molecule has 94 valence electrons. The number of hydrogen-bond donors (Lipinski definition) is 1. The van der Waals surface area contributed by atoms with Crippen LogP contribution in [0.2, 0.25) is 0 Å². The third-order valence-corrected chi connectivity index (χ3v) is 2.63. The number of allylic oxidation sites excluding steroid dienone is 4. The lowest BCUT2D eigenvalue weighted by Crippen LogP contribution is -1.92. The van der Waals surface area contributed by atoms with E-state index >= 15 is 0 Å². The number of ether oxygens (including phenoxy) is 1. The van der Waals surface area contributed by atoms with Crippen LogP contribution >= 0.6 is 0 Å². The van der Waals surface area contributed by atoms with E-state index in [-0.39, 0.29) is 5.57 Å². The Balaban J connectivity index is 0.000000209. The van der Waals surface area contributed by atoms with Gasteiger partial charge in [-0.3, -0.25) is 0 Å². The molecule has 0 saturated carbocycles. The number of carboxylic acids is 1. The molecule has 0 atom stereocenters. The molecule has 0 aliphatic heterocycles. The van der Waals surface area contributed by atoms with Crippen molar-refractivity contribution in [2.45, 2.75) is 45.4 Å². The molecule has 0 fully saturated rings. The zero-order chi connectivity index (χ0) is 12.7. The molecular formula is C14H20O3. The normalized spacial score (nSPS) is 17.7. The van der Waals surface area contributed by atoms with Crippen LogP contribution in [-0.4, -0.2) is 11.1 Å². The predicted molar refractivity (Wildman–Crippen MR) is 67.4 cm³/mol. The van der Waals surface area contributed by atoms with Gasteiger partial charge in [0.05, 0.1) is 11.5 Å². The summed E-state index contributed by atoms with van der Waals surface area (Å²) in [5.41, 5.74) is 0.176.